The lowest BCUT2D eigenvalue weighted by Gasteiger charge is -2.28. The molecule has 17 heavy (non-hydrogen) atoms. The number of nitrogens with zero attached hydrogens (tertiary/aromatic N) is 1. The first-order valence-electron chi connectivity index (χ1n) is 5.01. The van der Waals surface area contributed by atoms with Gasteiger partial charge in [-0.3, -0.25) is 4.79 Å². The molecule has 0 unspecified atom stereocenters. The number of carbonyl (C=O) groups excluding carboxylic acids is 1. The molecule has 1 aliphatic rings. The van der Waals surface area contributed by atoms with Crippen molar-refractivity contribution in [2.24, 2.45) is 0 Å². The van der Waals surface area contributed by atoms with Crippen molar-refractivity contribution in [1.82, 2.24) is 0 Å². The van der Waals surface area contributed by atoms with Crippen LogP contribution >= 0.6 is 11.6 Å². The molecule has 6 heteroatoms. The van der Waals surface area contributed by atoms with Crippen molar-refractivity contribution in [2.75, 3.05) is 24.7 Å². The Morgan fingerprint density at radius 2 is 2.24 bits per heavy atom. The molecule has 1 amide bonds. The highest BCUT2D eigenvalue weighted by Gasteiger charge is 2.25. The maximum absolute atomic E-state index is 11.6. The average molecular weight is 256 g/mol. The van der Waals surface area contributed by atoms with E-state index in [4.69, 9.17) is 21.4 Å². The molecule has 1 aliphatic heterocycles. The van der Waals surface area contributed by atoms with Crippen LogP contribution in [0.1, 0.15) is 10.4 Å². The predicted octanol–water partition coefficient (Wildman–Crippen LogP) is 1.40. The van der Waals surface area contributed by atoms with Gasteiger partial charge in [0.15, 0.2) is 0 Å². The lowest BCUT2D eigenvalue weighted by molar-refractivity contribution is -0.125. The van der Waals surface area contributed by atoms with Crippen LogP contribution in [-0.4, -0.2) is 36.7 Å². The molecular formula is C11H10ClNO4. The molecule has 0 radical (unpaired) electrons. The van der Waals surface area contributed by atoms with Crippen molar-refractivity contribution in [3.8, 4) is 0 Å². The number of carboxylic acid groups (broad SMARTS) is 1. The molecular weight excluding hydrogens is 246 g/mol. The number of anilines is 1. The number of carboxylic acids is 1. The minimum absolute atomic E-state index is 0.0361. The van der Waals surface area contributed by atoms with Gasteiger partial charge in [0.25, 0.3) is 5.91 Å². The fraction of sp³-hybridized carbons (Fsp3) is 0.273. The van der Waals surface area contributed by atoms with Crippen molar-refractivity contribution in [1.29, 1.82) is 0 Å². The number of carbonyl (C=O) groups is 2. The van der Waals surface area contributed by atoms with Gasteiger partial charge in [-0.25, -0.2) is 4.79 Å². The standard InChI is InChI=1S/C11H10ClNO4/c12-7-2-1-3-8(10(7)11(15)16)13-4-5-17-6-9(13)14/h1-3H,4-6H2,(H,15,16). The number of amides is 1. The summed E-state index contributed by atoms with van der Waals surface area (Å²) in [6, 6.07) is 4.67. The Balaban J connectivity index is 2.47. The molecule has 0 aliphatic carbocycles. The Morgan fingerprint density at radius 1 is 1.47 bits per heavy atom. The van der Waals surface area contributed by atoms with Gasteiger partial charge in [-0.15, -0.1) is 0 Å². The molecule has 90 valence electrons. The van der Waals surface area contributed by atoms with Gasteiger partial charge in [0, 0.05) is 6.54 Å². The average Bonchev–Trinajstić information content (AvgIpc) is 2.28. The highest BCUT2D eigenvalue weighted by molar-refractivity contribution is 6.34. The third-order valence-electron chi connectivity index (χ3n) is 2.48. The van der Waals surface area contributed by atoms with Crippen LogP contribution in [0.2, 0.25) is 5.02 Å². The zero-order valence-electron chi connectivity index (χ0n) is 8.85. The molecule has 1 N–H and O–H groups in total. The number of rotatable bonds is 2. The summed E-state index contributed by atoms with van der Waals surface area (Å²) in [6.07, 6.45) is 0. The van der Waals surface area contributed by atoms with E-state index in [0.29, 0.717) is 18.8 Å². The molecule has 1 fully saturated rings. The number of hydrogen-bond donors (Lipinski definition) is 1. The normalized spacial score (nSPS) is 16.1. The number of morpholine rings is 1. The van der Waals surface area contributed by atoms with Gasteiger partial charge in [0.05, 0.1) is 17.3 Å². The third-order valence-corrected chi connectivity index (χ3v) is 2.80. The third kappa shape index (κ3) is 2.25. The minimum Gasteiger partial charge on any atom is -0.478 e. The highest BCUT2D eigenvalue weighted by Crippen LogP contribution is 2.28. The van der Waals surface area contributed by atoms with Crippen LogP contribution in [0.3, 0.4) is 0 Å². The Morgan fingerprint density at radius 3 is 2.88 bits per heavy atom. The van der Waals surface area contributed by atoms with E-state index in [2.05, 4.69) is 0 Å². The van der Waals surface area contributed by atoms with E-state index in [9.17, 15) is 9.59 Å². The first kappa shape index (κ1) is 11.9. The van der Waals surface area contributed by atoms with E-state index in [1.165, 1.54) is 11.0 Å². The monoisotopic (exact) mass is 255 g/mol. The van der Waals surface area contributed by atoms with Crippen molar-refractivity contribution >= 4 is 29.2 Å². The Kier molecular flexibility index (Phi) is 3.31. The molecule has 1 aromatic rings. The number of ether oxygens (including phenoxy) is 1. The van der Waals surface area contributed by atoms with E-state index in [-0.39, 0.29) is 23.1 Å². The largest absolute Gasteiger partial charge is 0.478 e. The molecule has 1 aromatic carbocycles. The first-order valence-corrected chi connectivity index (χ1v) is 5.39. The SMILES string of the molecule is O=C(O)c1c(Cl)cccc1N1CCOCC1=O. The van der Waals surface area contributed by atoms with Gasteiger partial charge in [-0.1, -0.05) is 17.7 Å². The van der Waals surface area contributed by atoms with Gasteiger partial charge in [0.1, 0.15) is 12.2 Å². The summed E-state index contributed by atoms with van der Waals surface area (Å²) in [6.45, 7) is 0.683. The maximum Gasteiger partial charge on any atom is 0.339 e. The number of benzene rings is 1. The Hall–Kier alpha value is -1.59. The minimum atomic E-state index is -1.15. The van der Waals surface area contributed by atoms with Crippen LogP contribution in [-0.2, 0) is 9.53 Å². The van der Waals surface area contributed by atoms with Crippen LogP contribution < -0.4 is 4.90 Å². The van der Waals surface area contributed by atoms with Crippen molar-refractivity contribution in [3.63, 3.8) is 0 Å². The van der Waals surface area contributed by atoms with Gasteiger partial charge in [-0.2, -0.15) is 0 Å². The lowest BCUT2D eigenvalue weighted by atomic mass is 10.1. The van der Waals surface area contributed by atoms with Crippen LogP contribution in [0.15, 0.2) is 18.2 Å². The fourth-order valence-electron chi connectivity index (χ4n) is 1.72. The summed E-state index contributed by atoms with van der Waals surface area (Å²) in [7, 11) is 0. The zero-order chi connectivity index (χ0) is 12.4. The highest BCUT2D eigenvalue weighted by atomic mass is 35.5. The molecule has 0 saturated carbocycles. The molecule has 0 bridgehead atoms. The van der Waals surface area contributed by atoms with Gasteiger partial charge >= 0.3 is 5.97 Å². The summed E-state index contributed by atoms with van der Waals surface area (Å²) in [5, 5.41) is 9.23. The second kappa shape index (κ2) is 4.73. The van der Waals surface area contributed by atoms with Gasteiger partial charge < -0.3 is 14.7 Å². The first-order chi connectivity index (χ1) is 8.11. The Bertz CT molecular complexity index is 475. The summed E-state index contributed by atoms with van der Waals surface area (Å²) < 4.78 is 4.99. The van der Waals surface area contributed by atoms with Crippen molar-refractivity contribution in [2.45, 2.75) is 0 Å². The van der Waals surface area contributed by atoms with E-state index < -0.39 is 5.97 Å². The second-order valence-corrected chi connectivity index (χ2v) is 3.94. The molecule has 5 nitrogen and oxygen atoms in total. The molecule has 1 saturated heterocycles. The lowest BCUT2D eigenvalue weighted by Crippen LogP contribution is -2.42. The van der Waals surface area contributed by atoms with Crippen LogP contribution in [0.25, 0.3) is 0 Å². The topological polar surface area (TPSA) is 66.8 Å². The summed E-state index contributed by atoms with van der Waals surface area (Å²) in [5.74, 6) is -1.41. The number of hydrogen-bond acceptors (Lipinski definition) is 3. The molecule has 0 spiro atoms. The second-order valence-electron chi connectivity index (χ2n) is 3.54. The fourth-order valence-corrected chi connectivity index (χ4v) is 1.97. The molecule has 1 heterocycles. The van der Waals surface area contributed by atoms with Gasteiger partial charge in [0.2, 0.25) is 0 Å². The van der Waals surface area contributed by atoms with E-state index >= 15 is 0 Å². The number of aromatic carboxylic acids is 1. The predicted molar refractivity (Wildman–Crippen MR) is 61.6 cm³/mol. The van der Waals surface area contributed by atoms with E-state index in [0.717, 1.165) is 0 Å². The number of halogens is 1. The molecule has 2 rings (SSSR count). The summed E-state index contributed by atoms with van der Waals surface area (Å²) in [5.41, 5.74) is 0.266. The van der Waals surface area contributed by atoms with Crippen molar-refractivity contribution < 1.29 is 19.4 Å². The van der Waals surface area contributed by atoms with Crippen LogP contribution in [0, 0.1) is 0 Å². The van der Waals surface area contributed by atoms with Crippen LogP contribution in [0.5, 0.6) is 0 Å². The summed E-state index contributed by atoms with van der Waals surface area (Å²) >= 11 is 5.84. The quantitative estimate of drug-likeness (QED) is 0.868. The van der Waals surface area contributed by atoms with E-state index in [1.54, 1.807) is 12.1 Å². The van der Waals surface area contributed by atoms with Crippen molar-refractivity contribution in [3.05, 3.63) is 28.8 Å². The summed E-state index contributed by atoms with van der Waals surface area (Å²) in [4.78, 5) is 24.2. The maximum atomic E-state index is 11.6. The van der Waals surface area contributed by atoms with E-state index in [1.807, 2.05) is 0 Å². The smallest absolute Gasteiger partial charge is 0.339 e. The molecule has 0 aromatic heterocycles. The van der Waals surface area contributed by atoms with Gasteiger partial charge in [-0.05, 0) is 12.1 Å². The Labute approximate surface area is 103 Å². The van der Waals surface area contributed by atoms with Crippen LogP contribution in [0.4, 0.5) is 5.69 Å². The molecule has 0 atom stereocenters. The zero-order valence-corrected chi connectivity index (χ0v) is 9.61.